The van der Waals surface area contributed by atoms with Gasteiger partial charge in [0.1, 0.15) is 0 Å². The Bertz CT molecular complexity index is 376. The van der Waals surface area contributed by atoms with E-state index < -0.39 is 0 Å². The molecule has 1 atom stereocenters. The smallest absolute Gasteiger partial charge is 0.231 e. The van der Waals surface area contributed by atoms with Crippen molar-refractivity contribution in [3.8, 4) is 12.8 Å². The maximum absolute atomic E-state index is 11.9. The summed E-state index contributed by atoms with van der Waals surface area (Å²) >= 11 is 0. The van der Waals surface area contributed by atoms with Crippen LogP contribution in [0.1, 0.15) is 46.5 Å². The molecular formula is C17H34N4O2. The van der Waals surface area contributed by atoms with Crippen LogP contribution in [0.3, 0.4) is 0 Å². The van der Waals surface area contributed by atoms with Gasteiger partial charge in [-0.1, -0.05) is 6.92 Å². The molecule has 2 aliphatic rings. The fourth-order valence-electron chi connectivity index (χ4n) is 1.88. The van der Waals surface area contributed by atoms with Crippen molar-refractivity contribution in [2.75, 3.05) is 27.3 Å². The molecule has 23 heavy (non-hydrogen) atoms. The highest BCUT2D eigenvalue weighted by atomic mass is 16.5. The van der Waals surface area contributed by atoms with Gasteiger partial charge in [0.05, 0.1) is 12.0 Å². The zero-order valence-corrected chi connectivity index (χ0v) is 15.3. The summed E-state index contributed by atoms with van der Waals surface area (Å²) in [6.07, 6.45) is 11.8. The van der Waals surface area contributed by atoms with Crippen molar-refractivity contribution in [2.24, 2.45) is 22.4 Å². The van der Waals surface area contributed by atoms with E-state index in [2.05, 4.69) is 28.3 Å². The Morgan fingerprint density at radius 2 is 1.83 bits per heavy atom. The average Bonchev–Trinajstić information content (AvgIpc) is 3.39. The Balaban J connectivity index is 0. The van der Waals surface area contributed by atoms with E-state index in [0.717, 1.165) is 19.6 Å². The van der Waals surface area contributed by atoms with E-state index in [9.17, 15) is 4.79 Å². The molecule has 1 amide bonds. The molecule has 0 bridgehead atoms. The van der Waals surface area contributed by atoms with Gasteiger partial charge in [0, 0.05) is 20.3 Å². The Morgan fingerprint density at radius 3 is 2.13 bits per heavy atom. The second-order valence-corrected chi connectivity index (χ2v) is 5.52. The van der Waals surface area contributed by atoms with Crippen molar-refractivity contribution in [3.63, 3.8) is 0 Å². The standard InChI is InChI=1S/C11H19N3O.C3H8O.C2H2.CH5N/c1-3-11(2)6-9(15)14(10(12)13-11)7-8-4-5-8;1-3-4-2;2*1-2/h8H,3-7H2,1-2H3,(H2,12,13);3H2,1-2H3;1-2H;2H2,1H3/t11-;;;/m1.../s1. The van der Waals surface area contributed by atoms with Crippen molar-refractivity contribution in [1.29, 1.82) is 0 Å². The first-order chi connectivity index (χ1) is 11.0. The summed E-state index contributed by atoms with van der Waals surface area (Å²) in [5, 5.41) is 0. The Morgan fingerprint density at radius 1 is 1.35 bits per heavy atom. The predicted octanol–water partition coefficient (Wildman–Crippen LogP) is 1.59. The number of carbonyl (C=O) groups is 1. The highest BCUT2D eigenvalue weighted by Gasteiger charge is 2.37. The van der Waals surface area contributed by atoms with Crippen molar-refractivity contribution in [1.82, 2.24) is 4.90 Å². The monoisotopic (exact) mass is 326 g/mol. The molecule has 6 nitrogen and oxygen atoms in total. The van der Waals surface area contributed by atoms with E-state index in [4.69, 9.17) is 5.73 Å². The van der Waals surface area contributed by atoms with E-state index in [1.165, 1.54) is 19.9 Å². The molecule has 1 heterocycles. The number of aliphatic imine (C=N–C) groups is 1. The zero-order valence-electron chi connectivity index (χ0n) is 15.3. The Kier molecular flexibility index (Phi) is 13.3. The summed E-state index contributed by atoms with van der Waals surface area (Å²) in [7, 11) is 3.18. The number of guanidine groups is 1. The van der Waals surface area contributed by atoms with Gasteiger partial charge in [0.25, 0.3) is 0 Å². The predicted molar refractivity (Wildman–Crippen MR) is 96.9 cm³/mol. The summed E-state index contributed by atoms with van der Waals surface area (Å²) < 4.78 is 4.54. The van der Waals surface area contributed by atoms with Crippen LogP contribution in [0.5, 0.6) is 0 Å². The Hall–Kier alpha value is -1.58. The van der Waals surface area contributed by atoms with E-state index in [1.807, 2.05) is 20.8 Å². The van der Waals surface area contributed by atoms with Crippen LogP contribution in [-0.2, 0) is 9.53 Å². The van der Waals surface area contributed by atoms with Crippen LogP contribution in [0.25, 0.3) is 0 Å². The molecule has 1 aliphatic heterocycles. The number of hydrogen-bond acceptors (Lipinski definition) is 5. The van der Waals surface area contributed by atoms with E-state index >= 15 is 0 Å². The summed E-state index contributed by atoms with van der Waals surface area (Å²) in [6.45, 7) is 7.58. The molecule has 0 aromatic carbocycles. The van der Waals surface area contributed by atoms with Gasteiger partial charge in [-0.05, 0) is 46.1 Å². The fourth-order valence-corrected chi connectivity index (χ4v) is 1.88. The van der Waals surface area contributed by atoms with Gasteiger partial charge in [-0.3, -0.25) is 9.69 Å². The second kappa shape index (κ2) is 12.9. The third-order valence-corrected chi connectivity index (χ3v) is 3.68. The number of nitrogens with zero attached hydrogens (tertiary/aromatic N) is 2. The van der Waals surface area contributed by atoms with Crippen molar-refractivity contribution in [2.45, 2.75) is 52.0 Å². The van der Waals surface area contributed by atoms with E-state index in [1.54, 1.807) is 12.0 Å². The second-order valence-electron chi connectivity index (χ2n) is 5.52. The van der Waals surface area contributed by atoms with Gasteiger partial charge in [-0.2, -0.15) is 0 Å². The molecule has 6 heteroatoms. The maximum atomic E-state index is 11.9. The minimum Gasteiger partial charge on any atom is -0.385 e. The van der Waals surface area contributed by atoms with Crippen LogP contribution < -0.4 is 11.5 Å². The number of rotatable bonds is 4. The van der Waals surface area contributed by atoms with Gasteiger partial charge < -0.3 is 16.2 Å². The molecule has 1 fully saturated rings. The minimum atomic E-state index is -0.277. The summed E-state index contributed by atoms with van der Waals surface area (Å²) in [4.78, 5) is 18.0. The number of carbonyl (C=O) groups excluding carboxylic acids is 1. The van der Waals surface area contributed by atoms with Crippen LogP contribution in [0.4, 0.5) is 0 Å². The highest BCUT2D eigenvalue weighted by molar-refractivity contribution is 5.99. The quantitative estimate of drug-likeness (QED) is 0.767. The molecule has 0 spiro atoms. The summed E-state index contributed by atoms with van der Waals surface area (Å²) in [5.74, 6) is 1.22. The topological polar surface area (TPSA) is 93.9 Å². The molecule has 0 saturated heterocycles. The van der Waals surface area contributed by atoms with Gasteiger partial charge >= 0.3 is 0 Å². The number of nitrogens with two attached hydrogens (primary N) is 2. The lowest BCUT2D eigenvalue weighted by molar-refractivity contribution is -0.129. The van der Waals surface area contributed by atoms with Crippen LogP contribution in [-0.4, -0.2) is 49.6 Å². The molecule has 1 aliphatic carbocycles. The van der Waals surface area contributed by atoms with Gasteiger partial charge in [-0.25, -0.2) is 4.99 Å². The van der Waals surface area contributed by atoms with Crippen molar-refractivity contribution >= 4 is 11.9 Å². The van der Waals surface area contributed by atoms with Crippen LogP contribution >= 0.6 is 0 Å². The molecule has 2 rings (SSSR count). The van der Waals surface area contributed by atoms with Gasteiger partial charge in [-0.15, -0.1) is 12.8 Å². The maximum Gasteiger partial charge on any atom is 0.231 e. The van der Waals surface area contributed by atoms with Crippen molar-refractivity contribution in [3.05, 3.63) is 0 Å². The zero-order chi connectivity index (χ0) is 18.5. The van der Waals surface area contributed by atoms with Gasteiger partial charge in [0.2, 0.25) is 5.91 Å². The normalized spacial score (nSPS) is 22.3. The molecular weight excluding hydrogens is 292 g/mol. The molecule has 1 saturated carbocycles. The van der Waals surface area contributed by atoms with E-state index in [0.29, 0.717) is 18.3 Å². The lowest BCUT2D eigenvalue weighted by Crippen LogP contribution is -2.51. The average molecular weight is 326 g/mol. The SMILES string of the molecule is C#C.CCOC.CC[C@]1(C)CC(=O)N(CC2CC2)C(N)=N1.CN. The molecule has 0 unspecified atom stereocenters. The first-order valence-corrected chi connectivity index (χ1v) is 8.01. The first kappa shape index (κ1) is 23.7. The third-order valence-electron chi connectivity index (χ3n) is 3.68. The largest absolute Gasteiger partial charge is 0.385 e. The number of methoxy groups -OCH3 is 1. The molecule has 4 N–H and O–H groups in total. The summed E-state index contributed by atoms with van der Waals surface area (Å²) in [5.41, 5.74) is 10.1. The Labute approximate surface area is 141 Å². The lowest BCUT2D eigenvalue weighted by atomic mass is 9.93. The fraction of sp³-hybridized carbons (Fsp3) is 0.765. The third kappa shape index (κ3) is 9.22. The molecule has 0 aromatic heterocycles. The molecule has 134 valence electrons. The number of terminal acetylenes is 1. The van der Waals surface area contributed by atoms with E-state index in [-0.39, 0.29) is 11.4 Å². The lowest BCUT2D eigenvalue weighted by Gasteiger charge is -2.34. The number of hydrogen-bond donors (Lipinski definition) is 2. The van der Waals surface area contributed by atoms with Crippen LogP contribution in [0, 0.1) is 18.8 Å². The van der Waals surface area contributed by atoms with Crippen LogP contribution in [0.15, 0.2) is 4.99 Å². The van der Waals surface area contributed by atoms with Gasteiger partial charge in [0.15, 0.2) is 5.96 Å². The number of ether oxygens (including phenoxy) is 1. The van der Waals surface area contributed by atoms with Crippen molar-refractivity contribution < 1.29 is 9.53 Å². The number of amides is 1. The molecule has 0 aromatic rings. The first-order valence-electron chi connectivity index (χ1n) is 8.01. The summed E-state index contributed by atoms with van der Waals surface area (Å²) in [6, 6.07) is 0. The minimum absolute atomic E-state index is 0.138. The van der Waals surface area contributed by atoms with Crippen LogP contribution in [0.2, 0.25) is 0 Å². The highest BCUT2D eigenvalue weighted by Crippen LogP contribution is 2.32. The molecule has 0 radical (unpaired) electrons.